The largest absolute Gasteiger partial charge is 0.504 e. The van der Waals surface area contributed by atoms with E-state index in [1.807, 2.05) is 0 Å². The van der Waals surface area contributed by atoms with Gasteiger partial charge < -0.3 is 10.2 Å². The second-order valence-corrected chi connectivity index (χ2v) is 1.49. The quantitative estimate of drug-likeness (QED) is 0.288. The molecule has 0 amide bonds. The minimum atomic E-state index is -0.0764. The summed E-state index contributed by atoms with van der Waals surface area (Å²) in [5.41, 5.74) is 0. The van der Waals surface area contributed by atoms with E-state index in [-0.39, 0.29) is 11.5 Å². The Morgan fingerprint density at radius 2 is 1.20 bits per heavy atom. The summed E-state index contributed by atoms with van der Waals surface area (Å²) in [6.45, 7) is 0. The highest BCUT2D eigenvalue weighted by Crippen LogP contribution is 2.21. The Hall–Kier alpha value is -1.26. The van der Waals surface area contributed by atoms with Crippen LogP contribution in [0.3, 0.4) is 0 Å². The minimum absolute atomic E-state index is 0.0764. The lowest BCUT2D eigenvalue weighted by Crippen LogP contribution is -1.63. The lowest BCUT2D eigenvalue weighted by molar-refractivity contribution is -0.247. The van der Waals surface area contributed by atoms with Crippen LogP contribution < -0.4 is 0 Å². The number of aromatic hydroxyl groups is 2. The number of phenolic OH excluding ortho intramolecular Hbond substituents is 2. The number of rotatable bonds is 0. The highest BCUT2D eigenvalue weighted by Gasteiger charge is 1.90. The van der Waals surface area contributed by atoms with Gasteiger partial charge in [0.2, 0.25) is 0 Å². The number of hydrogen-bond donors (Lipinski definition) is 3. The van der Waals surface area contributed by atoms with Gasteiger partial charge in [0.15, 0.2) is 11.5 Å². The van der Waals surface area contributed by atoms with E-state index < -0.39 is 0 Å². The molecule has 0 aliphatic carbocycles. The van der Waals surface area contributed by atoms with Crippen molar-refractivity contribution in [3.05, 3.63) is 24.3 Å². The number of para-hydroxylation sites is 2. The first kappa shape index (κ1) is 8.74. The zero-order valence-corrected chi connectivity index (χ0v) is 5.06. The number of phenols is 2. The van der Waals surface area contributed by atoms with E-state index in [1.165, 1.54) is 12.1 Å². The van der Waals surface area contributed by atoms with Crippen LogP contribution in [0.25, 0.3) is 0 Å². The molecule has 4 heteroatoms. The second kappa shape index (κ2) is 4.60. The van der Waals surface area contributed by atoms with Gasteiger partial charge in [-0.2, -0.15) is 0 Å². The molecule has 0 aromatic heterocycles. The molecule has 0 fully saturated rings. The monoisotopic (exact) mass is 143 g/mol. The van der Waals surface area contributed by atoms with E-state index >= 15 is 0 Å². The Morgan fingerprint density at radius 3 is 1.40 bits per heavy atom. The van der Waals surface area contributed by atoms with Crippen molar-refractivity contribution in [2.45, 2.75) is 0 Å². The maximum absolute atomic E-state index is 8.67. The third-order valence-corrected chi connectivity index (χ3v) is 0.882. The summed E-state index contributed by atoms with van der Waals surface area (Å²) in [6.07, 6.45) is 0. The average Bonchev–Trinajstić information content (AvgIpc) is 2.00. The fourth-order valence-electron chi connectivity index (χ4n) is 0.464. The predicted octanol–water partition coefficient (Wildman–Crippen LogP) is 0.988. The first-order valence-electron chi connectivity index (χ1n) is 2.46. The molecule has 3 N–H and O–H groups in total. The van der Waals surface area contributed by atoms with Gasteiger partial charge in [-0.15, -0.1) is 0 Å². The van der Waals surface area contributed by atoms with Crippen LogP contribution in [-0.4, -0.2) is 15.5 Å². The molecule has 0 bridgehead atoms. The molecule has 0 saturated carbocycles. The molecule has 0 atom stereocenters. The van der Waals surface area contributed by atoms with Gasteiger partial charge in [0.25, 0.3) is 0 Å². The van der Waals surface area contributed by atoms with Crippen molar-refractivity contribution in [2.75, 3.05) is 0 Å². The first-order valence-corrected chi connectivity index (χ1v) is 2.46. The molecule has 0 heterocycles. The van der Waals surface area contributed by atoms with Crippen LogP contribution in [0.5, 0.6) is 11.5 Å². The molecule has 0 saturated heterocycles. The third kappa shape index (κ3) is 2.34. The van der Waals surface area contributed by atoms with E-state index in [4.69, 9.17) is 20.7 Å². The van der Waals surface area contributed by atoms with Gasteiger partial charge in [-0.25, -0.2) is 5.26 Å². The molecule has 1 radical (unpaired) electrons. The zero-order valence-electron chi connectivity index (χ0n) is 5.06. The highest BCUT2D eigenvalue weighted by molar-refractivity contribution is 5.36. The van der Waals surface area contributed by atoms with Crippen LogP contribution in [0, 0.1) is 0 Å². The second-order valence-electron chi connectivity index (χ2n) is 1.49. The summed E-state index contributed by atoms with van der Waals surface area (Å²) in [5.74, 6) is -0.153. The SMILES string of the molecule is Oc1ccccc1O.[O]O. The van der Waals surface area contributed by atoms with Crippen molar-refractivity contribution in [3.8, 4) is 11.5 Å². The Labute approximate surface area is 57.5 Å². The molecular weight excluding hydrogens is 136 g/mol. The molecule has 55 valence electrons. The van der Waals surface area contributed by atoms with Crippen molar-refractivity contribution in [1.82, 2.24) is 0 Å². The summed E-state index contributed by atoms with van der Waals surface area (Å²) < 4.78 is 0. The summed E-state index contributed by atoms with van der Waals surface area (Å²) in [6, 6.07) is 6.15. The van der Waals surface area contributed by atoms with Crippen molar-refractivity contribution < 1.29 is 20.7 Å². The summed E-state index contributed by atoms with van der Waals surface area (Å²) in [7, 11) is 0. The summed E-state index contributed by atoms with van der Waals surface area (Å²) >= 11 is 0. The topological polar surface area (TPSA) is 80.6 Å². The smallest absolute Gasteiger partial charge is 0.157 e. The van der Waals surface area contributed by atoms with Crippen molar-refractivity contribution >= 4 is 0 Å². The van der Waals surface area contributed by atoms with Gasteiger partial charge in [0, 0.05) is 0 Å². The number of hydrogen-bond acceptors (Lipinski definition) is 3. The molecule has 4 nitrogen and oxygen atoms in total. The van der Waals surface area contributed by atoms with Gasteiger partial charge in [0.05, 0.1) is 0 Å². The third-order valence-electron chi connectivity index (χ3n) is 0.882. The van der Waals surface area contributed by atoms with Crippen LogP contribution in [0.1, 0.15) is 0 Å². The number of benzene rings is 1. The molecule has 0 aliphatic rings. The maximum Gasteiger partial charge on any atom is 0.157 e. The normalized spacial score (nSPS) is 7.80. The Morgan fingerprint density at radius 1 is 0.900 bits per heavy atom. The summed E-state index contributed by atoms with van der Waals surface area (Å²) in [5, 5.41) is 30.3. The van der Waals surface area contributed by atoms with Crippen molar-refractivity contribution in [1.29, 1.82) is 0 Å². The van der Waals surface area contributed by atoms with Gasteiger partial charge >= 0.3 is 0 Å². The van der Waals surface area contributed by atoms with E-state index in [1.54, 1.807) is 12.1 Å². The molecule has 0 spiro atoms. The average molecular weight is 143 g/mol. The van der Waals surface area contributed by atoms with Crippen LogP contribution in [-0.2, 0) is 5.26 Å². The lowest BCUT2D eigenvalue weighted by atomic mass is 10.3. The minimum Gasteiger partial charge on any atom is -0.504 e. The van der Waals surface area contributed by atoms with E-state index in [9.17, 15) is 0 Å². The van der Waals surface area contributed by atoms with Crippen LogP contribution in [0.4, 0.5) is 0 Å². The molecule has 0 unspecified atom stereocenters. The van der Waals surface area contributed by atoms with Gasteiger partial charge in [0.1, 0.15) is 0 Å². The van der Waals surface area contributed by atoms with Gasteiger partial charge in [-0.05, 0) is 17.4 Å². The molecular formula is C6H7O4. The van der Waals surface area contributed by atoms with Gasteiger partial charge in [-0.3, -0.25) is 0 Å². The summed E-state index contributed by atoms with van der Waals surface area (Å²) in [4.78, 5) is 0. The first-order chi connectivity index (χ1) is 4.80. The fraction of sp³-hybridized carbons (Fsp3) is 0. The maximum atomic E-state index is 8.67. The van der Waals surface area contributed by atoms with E-state index in [2.05, 4.69) is 0 Å². The molecule has 10 heavy (non-hydrogen) atoms. The van der Waals surface area contributed by atoms with Crippen LogP contribution in [0.2, 0.25) is 0 Å². The van der Waals surface area contributed by atoms with Crippen LogP contribution in [0.15, 0.2) is 24.3 Å². The zero-order chi connectivity index (χ0) is 7.98. The standard InChI is InChI=1S/C6H6O2.HO2/c7-5-3-1-2-4-6(5)8;1-2/h1-4,7-8H;1H. The molecule has 1 rings (SSSR count). The van der Waals surface area contributed by atoms with E-state index in [0.717, 1.165) is 0 Å². The van der Waals surface area contributed by atoms with Gasteiger partial charge in [-0.1, -0.05) is 12.1 Å². The Kier molecular flexibility index (Phi) is 4.02. The molecule has 0 aliphatic heterocycles. The fourth-order valence-corrected chi connectivity index (χ4v) is 0.464. The van der Waals surface area contributed by atoms with Crippen molar-refractivity contribution in [3.63, 3.8) is 0 Å². The highest BCUT2D eigenvalue weighted by atomic mass is 17.0. The van der Waals surface area contributed by atoms with Crippen LogP contribution >= 0.6 is 0 Å². The lowest BCUT2D eigenvalue weighted by Gasteiger charge is -1.91. The molecule has 1 aromatic rings. The Balaban J connectivity index is 0.000000371. The predicted molar refractivity (Wildman–Crippen MR) is 33.1 cm³/mol. The molecule has 1 aromatic carbocycles. The Bertz CT molecular complexity index is 166. The van der Waals surface area contributed by atoms with E-state index in [0.29, 0.717) is 0 Å². The van der Waals surface area contributed by atoms with Crippen molar-refractivity contribution in [2.24, 2.45) is 0 Å².